The zero-order chi connectivity index (χ0) is 7.98. The number of amides is 1. The predicted octanol–water partition coefficient (Wildman–Crippen LogP) is -2.47. The molecule has 10 heavy (non-hydrogen) atoms. The van der Waals surface area contributed by atoms with Crippen LogP contribution in [-0.2, 0) is 9.59 Å². The average Bonchev–Trinajstić information content (AvgIpc) is 1.98. The molecule has 5 heteroatoms. The van der Waals surface area contributed by atoms with E-state index in [0.717, 1.165) is 0 Å². The molecule has 0 aromatic heterocycles. The lowest BCUT2D eigenvalue weighted by Crippen LogP contribution is -2.43. The minimum atomic E-state index is -0.951. The standard InChI is InChI=1S/C5H9N2O3/c6-4(3-9)5(10)7-1-2-8/h4,9H,1,3,6H2,(H,7,10). The van der Waals surface area contributed by atoms with Crippen molar-refractivity contribution in [3.05, 3.63) is 0 Å². The maximum absolute atomic E-state index is 10.6. The molecule has 4 N–H and O–H groups in total. The molecule has 0 bridgehead atoms. The smallest absolute Gasteiger partial charge is 0.239 e. The van der Waals surface area contributed by atoms with Crippen LogP contribution >= 0.6 is 0 Å². The highest BCUT2D eigenvalue weighted by Gasteiger charge is 2.09. The van der Waals surface area contributed by atoms with Crippen molar-refractivity contribution in [3.63, 3.8) is 0 Å². The first-order chi connectivity index (χ1) is 4.72. The minimum absolute atomic E-state index is 0.188. The van der Waals surface area contributed by atoms with Crippen LogP contribution in [-0.4, -0.2) is 36.5 Å². The van der Waals surface area contributed by atoms with E-state index in [4.69, 9.17) is 10.8 Å². The Morgan fingerprint density at radius 1 is 1.80 bits per heavy atom. The SMILES string of the molecule is NC(CO)C(=O)NC[C]=O. The molecule has 5 nitrogen and oxygen atoms in total. The number of carbonyl (C=O) groups excluding carboxylic acids is 2. The maximum Gasteiger partial charge on any atom is 0.239 e. The molecule has 0 aliphatic heterocycles. The Kier molecular flexibility index (Phi) is 4.43. The Bertz CT molecular complexity index is 126. The highest BCUT2D eigenvalue weighted by Crippen LogP contribution is 1.73. The second-order valence-electron chi connectivity index (χ2n) is 1.65. The molecule has 1 unspecified atom stereocenters. The number of aliphatic hydroxyl groups is 1. The van der Waals surface area contributed by atoms with Gasteiger partial charge in [-0.05, 0) is 0 Å². The molecule has 0 saturated heterocycles. The van der Waals surface area contributed by atoms with E-state index in [1.54, 1.807) is 0 Å². The topological polar surface area (TPSA) is 92.4 Å². The van der Waals surface area contributed by atoms with Gasteiger partial charge in [-0.25, -0.2) is 0 Å². The van der Waals surface area contributed by atoms with E-state index in [0.29, 0.717) is 0 Å². The van der Waals surface area contributed by atoms with Gasteiger partial charge in [0.15, 0.2) is 0 Å². The van der Waals surface area contributed by atoms with E-state index >= 15 is 0 Å². The Hall–Kier alpha value is -0.940. The third kappa shape index (κ3) is 3.16. The number of nitrogens with one attached hydrogen (secondary N) is 1. The third-order valence-electron chi connectivity index (χ3n) is 0.868. The van der Waals surface area contributed by atoms with Crippen LogP contribution in [0, 0.1) is 0 Å². The van der Waals surface area contributed by atoms with Gasteiger partial charge in [-0.15, -0.1) is 0 Å². The van der Waals surface area contributed by atoms with Crippen LogP contribution in [0.25, 0.3) is 0 Å². The van der Waals surface area contributed by atoms with Gasteiger partial charge in [0, 0.05) is 0 Å². The quantitative estimate of drug-likeness (QED) is 0.409. The number of carbonyl (C=O) groups is 1. The monoisotopic (exact) mass is 145 g/mol. The van der Waals surface area contributed by atoms with Gasteiger partial charge in [0.2, 0.25) is 12.2 Å². The van der Waals surface area contributed by atoms with Crippen LogP contribution in [0.15, 0.2) is 0 Å². The van der Waals surface area contributed by atoms with Gasteiger partial charge in [0.05, 0.1) is 13.2 Å². The predicted molar refractivity (Wildman–Crippen MR) is 33.8 cm³/mol. The van der Waals surface area contributed by atoms with E-state index in [-0.39, 0.29) is 6.54 Å². The molecule has 0 heterocycles. The summed E-state index contributed by atoms with van der Waals surface area (Å²) < 4.78 is 0. The summed E-state index contributed by atoms with van der Waals surface area (Å²) in [5.41, 5.74) is 5.07. The van der Waals surface area contributed by atoms with Crippen LogP contribution in [0.2, 0.25) is 0 Å². The van der Waals surface area contributed by atoms with Crippen LogP contribution < -0.4 is 11.1 Å². The molecule has 0 saturated carbocycles. The van der Waals surface area contributed by atoms with Crippen molar-refractivity contribution < 1.29 is 14.7 Å². The van der Waals surface area contributed by atoms with Gasteiger partial charge in [-0.2, -0.15) is 0 Å². The number of aliphatic hydroxyl groups excluding tert-OH is 1. The molecule has 0 aliphatic rings. The van der Waals surface area contributed by atoms with Crippen LogP contribution in [0.4, 0.5) is 0 Å². The van der Waals surface area contributed by atoms with E-state index in [2.05, 4.69) is 5.32 Å². The molecule has 0 aromatic carbocycles. The first kappa shape index (κ1) is 9.06. The van der Waals surface area contributed by atoms with Gasteiger partial charge in [0.25, 0.3) is 0 Å². The zero-order valence-corrected chi connectivity index (χ0v) is 5.33. The van der Waals surface area contributed by atoms with Crippen molar-refractivity contribution in [3.8, 4) is 0 Å². The summed E-state index contributed by atoms with van der Waals surface area (Å²) in [6.45, 7) is -0.614. The summed E-state index contributed by atoms with van der Waals surface area (Å²) in [6.07, 6.45) is 1.46. The molecular formula is C5H9N2O3. The van der Waals surface area contributed by atoms with Crippen LogP contribution in [0.5, 0.6) is 0 Å². The van der Waals surface area contributed by atoms with Crippen molar-refractivity contribution in [1.29, 1.82) is 0 Å². The first-order valence-electron chi connectivity index (χ1n) is 2.71. The van der Waals surface area contributed by atoms with Crippen LogP contribution in [0.3, 0.4) is 0 Å². The van der Waals surface area contributed by atoms with E-state index in [9.17, 15) is 9.59 Å². The van der Waals surface area contributed by atoms with Gasteiger partial charge >= 0.3 is 0 Å². The van der Waals surface area contributed by atoms with Crippen LogP contribution in [0.1, 0.15) is 0 Å². The molecule has 0 aliphatic carbocycles. The summed E-state index contributed by atoms with van der Waals surface area (Å²) >= 11 is 0. The fourth-order valence-electron chi connectivity index (χ4n) is 0.337. The molecule has 1 radical (unpaired) electrons. The minimum Gasteiger partial charge on any atom is -0.394 e. The Balaban J connectivity index is 3.51. The fraction of sp³-hybridized carbons (Fsp3) is 0.600. The van der Waals surface area contributed by atoms with Crippen molar-refractivity contribution >= 4 is 12.2 Å². The Morgan fingerprint density at radius 2 is 2.40 bits per heavy atom. The van der Waals surface area contributed by atoms with E-state index in [1.165, 1.54) is 6.29 Å². The summed E-state index contributed by atoms with van der Waals surface area (Å²) in [4.78, 5) is 20.1. The van der Waals surface area contributed by atoms with Gasteiger partial charge < -0.3 is 16.2 Å². The van der Waals surface area contributed by atoms with Gasteiger partial charge in [-0.3, -0.25) is 9.59 Å². The Morgan fingerprint density at radius 3 is 2.80 bits per heavy atom. The van der Waals surface area contributed by atoms with Gasteiger partial charge in [0.1, 0.15) is 6.04 Å². The number of nitrogens with two attached hydrogens (primary N) is 1. The lowest BCUT2D eigenvalue weighted by Gasteiger charge is -2.05. The second-order valence-corrected chi connectivity index (χ2v) is 1.65. The molecule has 57 valence electrons. The third-order valence-corrected chi connectivity index (χ3v) is 0.868. The highest BCUT2D eigenvalue weighted by molar-refractivity contribution is 5.83. The molecule has 1 atom stereocenters. The van der Waals surface area contributed by atoms with E-state index in [1.807, 2.05) is 0 Å². The summed E-state index contributed by atoms with van der Waals surface area (Å²) in [5.74, 6) is -0.550. The summed E-state index contributed by atoms with van der Waals surface area (Å²) in [6, 6.07) is -0.951. The largest absolute Gasteiger partial charge is 0.394 e. The number of rotatable bonds is 4. The molecule has 0 fully saturated rings. The van der Waals surface area contributed by atoms with Crippen molar-refractivity contribution in [1.82, 2.24) is 5.32 Å². The van der Waals surface area contributed by atoms with Crippen molar-refractivity contribution in [2.45, 2.75) is 6.04 Å². The lowest BCUT2D eigenvalue weighted by molar-refractivity contribution is -0.122. The second kappa shape index (κ2) is 4.89. The summed E-state index contributed by atoms with van der Waals surface area (Å²) in [7, 11) is 0. The van der Waals surface area contributed by atoms with Crippen molar-refractivity contribution in [2.75, 3.05) is 13.2 Å². The normalized spacial score (nSPS) is 12.2. The lowest BCUT2D eigenvalue weighted by atomic mass is 10.3. The highest BCUT2D eigenvalue weighted by atomic mass is 16.3. The molecule has 0 rings (SSSR count). The zero-order valence-electron chi connectivity index (χ0n) is 5.33. The Labute approximate surface area is 58.2 Å². The molecule has 1 amide bonds. The summed E-state index contributed by atoms with van der Waals surface area (Å²) in [5, 5.41) is 10.5. The fourth-order valence-corrected chi connectivity index (χ4v) is 0.337. The average molecular weight is 145 g/mol. The maximum atomic E-state index is 10.6. The number of hydrogen-bond acceptors (Lipinski definition) is 4. The van der Waals surface area contributed by atoms with Gasteiger partial charge in [-0.1, -0.05) is 0 Å². The van der Waals surface area contributed by atoms with Crippen molar-refractivity contribution in [2.24, 2.45) is 5.73 Å². The molecule has 0 spiro atoms. The molecular weight excluding hydrogens is 136 g/mol. The number of hydrogen-bond donors (Lipinski definition) is 3. The molecule has 0 aromatic rings. The van der Waals surface area contributed by atoms with E-state index < -0.39 is 18.6 Å². The first-order valence-corrected chi connectivity index (χ1v) is 2.71.